The fraction of sp³-hybridized carbons (Fsp3) is 0.500. The number of hydrogen-bond donors (Lipinski definition) is 2. The third-order valence-electron chi connectivity index (χ3n) is 2.98. The van der Waals surface area contributed by atoms with Crippen molar-refractivity contribution in [1.29, 1.82) is 0 Å². The average molecular weight is 274 g/mol. The van der Waals surface area contributed by atoms with E-state index in [9.17, 15) is 0 Å². The average Bonchev–Trinajstić information content (AvgIpc) is 2.76. The Bertz CT molecular complexity index is 575. The SMILES string of the molecule is CCNc1nc(C)cc(NCc2cn(C)nc2CC)n1. The lowest BCUT2D eigenvalue weighted by atomic mass is 10.2. The predicted octanol–water partition coefficient (Wildman–Crippen LogP) is 2.12. The molecular formula is C14H22N6. The number of nitrogens with zero attached hydrogens (tertiary/aromatic N) is 4. The van der Waals surface area contributed by atoms with E-state index in [1.807, 2.05) is 37.8 Å². The molecule has 0 unspecified atom stereocenters. The van der Waals surface area contributed by atoms with Gasteiger partial charge in [-0.3, -0.25) is 4.68 Å². The van der Waals surface area contributed by atoms with E-state index in [-0.39, 0.29) is 0 Å². The molecule has 0 atom stereocenters. The van der Waals surface area contributed by atoms with Crippen LogP contribution in [-0.4, -0.2) is 26.3 Å². The minimum atomic E-state index is 0.664. The van der Waals surface area contributed by atoms with E-state index in [2.05, 4.69) is 32.6 Å². The van der Waals surface area contributed by atoms with Gasteiger partial charge in [0.15, 0.2) is 0 Å². The first-order chi connectivity index (χ1) is 9.62. The minimum absolute atomic E-state index is 0.664. The van der Waals surface area contributed by atoms with E-state index in [0.717, 1.165) is 36.7 Å². The Morgan fingerprint density at radius 2 is 2.00 bits per heavy atom. The lowest BCUT2D eigenvalue weighted by Crippen LogP contribution is -2.08. The van der Waals surface area contributed by atoms with E-state index in [1.54, 1.807) is 0 Å². The van der Waals surface area contributed by atoms with Crippen LogP contribution in [0.4, 0.5) is 11.8 Å². The molecule has 0 spiro atoms. The number of hydrogen-bond acceptors (Lipinski definition) is 5. The quantitative estimate of drug-likeness (QED) is 0.844. The maximum absolute atomic E-state index is 4.44. The normalized spacial score (nSPS) is 10.6. The summed E-state index contributed by atoms with van der Waals surface area (Å²) >= 11 is 0. The van der Waals surface area contributed by atoms with Crippen LogP contribution >= 0.6 is 0 Å². The van der Waals surface area contributed by atoms with Crippen LogP contribution in [0.2, 0.25) is 0 Å². The number of nitrogens with one attached hydrogen (secondary N) is 2. The molecular weight excluding hydrogens is 252 g/mol. The fourth-order valence-electron chi connectivity index (χ4n) is 2.11. The van der Waals surface area contributed by atoms with Crippen LogP contribution in [0.15, 0.2) is 12.3 Å². The number of anilines is 2. The largest absolute Gasteiger partial charge is 0.366 e. The van der Waals surface area contributed by atoms with Crippen molar-refractivity contribution in [2.24, 2.45) is 7.05 Å². The van der Waals surface area contributed by atoms with E-state index < -0.39 is 0 Å². The minimum Gasteiger partial charge on any atom is -0.366 e. The van der Waals surface area contributed by atoms with Crippen molar-refractivity contribution in [3.8, 4) is 0 Å². The van der Waals surface area contributed by atoms with Gasteiger partial charge >= 0.3 is 0 Å². The molecule has 2 heterocycles. The van der Waals surface area contributed by atoms with Crippen molar-refractivity contribution in [2.75, 3.05) is 17.2 Å². The molecule has 0 aliphatic heterocycles. The van der Waals surface area contributed by atoms with Crippen LogP contribution in [-0.2, 0) is 20.0 Å². The van der Waals surface area contributed by atoms with Gasteiger partial charge in [-0.2, -0.15) is 10.1 Å². The zero-order valence-corrected chi connectivity index (χ0v) is 12.6. The number of aromatic nitrogens is 4. The molecule has 0 aromatic carbocycles. The summed E-state index contributed by atoms with van der Waals surface area (Å²) < 4.78 is 1.85. The van der Waals surface area contributed by atoms with Crippen LogP contribution in [0.1, 0.15) is 30.8 Å². The molecule has 0 amide bonds. The molecule has 0 fully saturated rings. The van der Waals surface area contributed by atoms with Gasteiger partial charge in [-0.05, 0) is 20.3 Å². The zero-order chi connectivity index (χ0) is 14.5. The van der Waals surface area contributed by atoms with Crippen molar-refractivity contribution in [1.82, 2.24) is 19.7 Å². The number of aryl methyl sites for hydroxylation is 3. The highest BCUT2D eigenvalue weighted by Gasteiger charge is 2.07. The Morgan fingerprint density at radius 3 is 2.70 bits per heavy atom. The third kappa shape index (κ3) is 3.46. The molecule has 0 radical (unpaired) electrons. The summed E-state index contributed by atoms with van der Waals surface area (Å²) in [5.41, 5.74) is 3.27. The maximum atomic E-state index is 4.44. The van der Waals surface area contributed by atoms with Gasteiger partial charge in [0.1, 0.15) is 5.82 Å². The second-order valence-corrected chi connectivity index (χ2v) is 4.73. The molecule has 0 aliphatic rings. The molecule has 108 valence electrons. The topological polar surface area (TPSA) is 67.7 Å². The lowest BCUT2D eigenvalue weighted by Gasteiger charge is -2.08. The van der Waals surface area contributed by atoms with Gasteiger partial charge in [0, 0.05) is 43.7 Å². The first-order valence-electron chi connectivity index (χ1n) is 6.97. The Hall–Kier alpha value is -2.11. The number of rotatable bonds is 6. The highest BCUT2D eigenvalue weighted by molar-refractivity contribution is 5.42. The van der Waals surface area contributed by atoms with Gasteiger partial charge in [0.05, 0.1) is 5.69 Å². The van der Waals surface area contributed by atoms with E-state index >= 15 is 0 Å². The first-order valence-corrected chi connectivity index (χ1v) is 6.97. The lowest BCUT2D eigenvalue weighted by molar-refractivity contribution is 0.746. The summed E-state index contributed by atoms with van der Waals surface area (Å²) in [6, 6.07) is 1.95. The summed E-state index contributed by atoms with van der Waals surface area (Å²) in [7, 11) is 1.95. The summed E-state index contributed by atoms with van der Waals surface area (Å²) in [6.45, 7) is 7.64. The Morgan fingerprint density at radius 1 is 1.20 bits per heavy atom. The molecule has 0 bridgehead atoms. The molecule has 0 aliphatic carbocycles. The van der Waals surface area contributed by atoms with E-state index in [0.29, 0.717) is 5.95 Å². The maximum Gasteiger partial charge on any atom is 0.224 e. The molecule has 0 saturated carbocycles. The molecule has 2 aromatic heterocycles. The smallest absolute Gasteiger partial charge is 0.224 e. The first kappa shape index (κ1) is 14.3. The summed E-state index contributed by atoms with van der Waals surface area (Å²) in [4.78, 5) is 8.78. The van der Waals surface area contributed by atoms with Crippen molar-refractivity contribution in [3.63, 3.8) is 0 Å². The summed E-state index contributed by atoms with van der Waals surface area (Å²) in [6.07, 6.45) is 2.98. The van der Waals surface area contributed by atoms with Crippen LogP contribution < -0.4 is 10.6 Å². The fourth-order valence-corrected chi connectivity index (χ4v) is 2.11. The van der Waals surface area contributed by atoms with Crippen molar-refractivity contribution >= 4 is 11.8 Å². The summed E-state index contributed by atoms with van der Waals surface area (Å²) in [5, 5.41) is 10.9. The third-order valence-corrected chi connectivity index (χ3v) is 2.98. The van der Waals surface area contributed by atoms with Gasteiger partial charge < -0.3 is 10.6 Å². The molecule has 6 heteroatoms. The highest BCUT2D eigenvalue weighted by Crippen LogP contribution is 2.13. The van der Waals surface area contributed by atoms with Gasteiger partial charge in [-0.15, -0.1) is 0 Å². The van der Waals surface area contributed by atoms with Gasteiger partial charge in [-0.1, -0.05) is 6.92 Å². The predicted molar refractivity (Wildman–Crippen MR) is 80.8 cm³/mol. The van der Waals surface area contributed by atoms with Crippen molar-refractivity contribution in [2.45, 2.75) is 33.7 Å². The molecule has 0 saturated heterocycles. The molecule has 2 aromatic rings. The van der Waals surface area contributed by atoms with Crippen LogP contribution in [0.25, 0.3) is 0 Å². The van der Waals surface area contributed by atoms with Crippen LogP contribution in [0.3, 0.4) is 0 Å². The van der Waals surface area contributed by atoms with Gasteiger partial charge in [0.25, 0.3) is 0 Å². The highest BCUT2D eigenvalue weighted by atomic mass is 15.3. The Labute approximate surface area is 119 Å². The zero-order valence-electron chi connectivity index (χ0n) is 12.6. The molecule has 2 rings (SSSR count). The van der Waals surface area contributed by atoms with Crippen molar-refractivity contribution < 1.29 is 0 Å². The Balaban J connectivity index is 2.10. The van der Waals surface area contributed by atoms with E-state index in [4.69, 9.17) is 0 Å². The van der Waals surface area contributed by atoms with Gasteiger partial charge in [-0.25, -0.2) is 4.98 Å². The molecule has 6 nitrogen and oxygen atoms in total. The standard InChI is InChI=1S/C14H22N6/c1-5-12-11(9-20(4)19-12)8-16-13-7-10(3)17-14(18-13)15-6-2/h7,9H,5-6,8H2,1-4H3,(H2,15,16,17,18). The van der Waals surface area contributed by atoms with E-state index in [1.165, 1.54) is 5.56 Å². The Kier molecular flexibility index (Phi) is 4.55. The van der Waals surface area contributed by atoms with Crippen molar-refractivity contribution in [3.05, 3.63) is 29.2 Å². The molecule has 20 heavy (non-hydrogen) atoms. The van der Waals surface area contributed by atoms with Crippen LogP contribution in [0, 0.1) is 6.92 Å². The molecule has 2 N–H and O–H groups in total. The second-order valence-electron chi connectivity index (χ2n) is 4.73. The monoisotopic (exact) mass is 274 g/mol. The van der Waals surface area contributed by atoms with Crippen LogP contribution in [0.5, 0.6) is 0 Å². The van der Waals surface area contributed by atoms with Gasteiger partial charge in [0.2, 0.25) is 5.95 Å². The second kappa shape index (κ2) is 6.36. The summed E-state index contributed by atoms with van der Waals surface area (Å²) in [5.74, 6) is 1.50.